The molecule has 1 aromatic rings. The van der Waals surface area contributed by atoms with E-state index in [1.54, 1.807) is 7.11 Å². The first kappa shape index (κ1) is 20.2. The maximum absolute atomic E-state index is 5.17. The maximum Gasteiger partial charge on any atom is 0.193 e. The molecule has 1 heterocycles. The van der Waals surface area contributed by atoms with Gasteiger partial charge in [-0.05, 0) is 43.5 Å². The monoisotopic (exact) mass is 410 g/mol. The number of hydrogen-bond donors (Lipinski definition) is 1. The van der Waals surface area contributed by atoms with Gasteiger partial charge in [0.05, 0.1) is 6.61 Å². The molecule has 1 aromatic carbocycles. The maximum atomic E-state index is 5.17. The van der Waals surface area contributed by atoms with Gasteiger partial charge in [-0.25, -0.2) is 0 Å². The minimum absolute atomic E-state index is 0.715. The third kappa shape index (κ3) is 6.60. The molecule has 0 saturated carbocycles. The quantitative estimate of drug-likeness (QED) is 0.554. The molecule has 25 heavy (non-hydrogen) atoms. The van der Waals surface area contributed by atoms with E-state index in [0.717, 1.165) is 36.7 Å². The number of ether oxygens (including phenoxy) is 1. The number of piperidine rings is 1. The Morgan fingerprint density at radius 1 is 1.36 bits per heavy atom. The molecule has 0 spiro atoms. The standard InChI is InChI=1S/C19H31BrN4O/c1-21-19(23(2)15-17-6-4-5-7-18(17)20)22-14-16-8-10-24(11-9-16)12-13-25-3/h4-7,16H,8-15H2,1-3H3,(H,21,22). The molecule has 0 unspecified atom stereocenters. The summed E-state index contributed by atoms with van der Waals surface area (Å²) in [5, 5.41) is 3.55. The molecule has 0 amide bonds. The van der Waals surface area contributed by atoms with Crippen LogP contribution in [0.25, 0.3) is 0 Å². The number of aliphatic imine (C=N–C) groups is 1. The van der Waals surface area contributed by atoms with Gasteiger partial charge >= 0.3 is 0 Å². The van der Waals surface area contributed by atoms with Gasteiger partial charge < -0.3 is 19.9 Å². The van der Waals surface area contributed by atoms with Crippen LogP contribution in [0, 0.1) is 5.92 Å². The molecule has 0 atom stereocenters. The molecule has 140 valence electrons. The third-order valence-corrected chi connectivity index (χ3v) is 5.58. The number of nitrogens with one attached hydrogen (secondary N) is 1. The summed E-state index contributed by atoms with van der Waals surface area (Å²) in [6.07, 6.45) is 2.48. The number of methoxy groups -OCH3 is 1. The highest BCUT2D eigenvalue weighted by Gasteiger charge is 2.19. The fourth-order valence-electron chi connectivity index (χ4n) is 3.21. The number of nitrogens with zero attached hydrogens (tertiary/aromatic N) is 3. The van der Waals surface area contributed by atoms with E-state index in [0.29, 0.717) is 5.92 Å². The summed E-state index contributed by atoms with van der Waals surface area (Å²) in [7, 11) is 5.71. The van der Waals surface area contributed by atoms with E-state index in [9.17, 15) is 0 Å². The molecule has 1 aliphatic rings. The highest BCUT2D eigenvalue weighted by atomic mass is 79.9. The molecule has 1 saturated heterocycles. The zero-order chi connectivity index (χ0) is 18.1. The van der Waals surface area contributed by atoms with Crippen molar-refractivity contribution in [3.63, 3.8) is 0 Å². The van der Waals surface area contributed by atoms with Crippen LogP contribution in [0.4, 0.5) is 0 Å². The van der Waals surface area contributed by atoms with Crippen molar-refractivity contribution < 1.29 is 4.74 Å². The predicted octanol–water partition coefficient (Wildman–Crippen LogP) is 2.81. The molecule has 0 radical (unpaired) electrons. The first-order valence-electron chi connectivity index (χ1n) is 9.00. The highest BCUT2D eigenvalue weighted by Crippen LogP contribution is 2.18. The van der Waals surface area contributed by atoms with Crippen LogP contribution in [0.5, 0.6) is 0 Å². The Balaban J connectivity index is 1.76. The minimum atomic E-state index is 0.715. The van der Waals surface area contributed by atoms with Crippen molar-refractivity contribution in [2.75, 3.05) is 54.0 Å². The Labute approximate surface area is 160 Å². The van der Waals surface area contributed by atoms with E-state index in [-0.39, 0.29) is 0 Å². The number of guanidine groups is 1. The smallest absolute Gasteiger partial charge is 0.193 e. The second-order valence-corrected chi connectivity index (χ2v) is 7.51. The van der Waals surface area contributed by atoms with Gasteiger partial charge in [0.1, 0.15) is 0 Å². The van der Waals surface area contributed by atoms with Gasteiger partial charge in [-0.3, -0.25) is 4.99 Å². The lowest BCUT2D eigenvalue weighted by molar-refractivity contribution is 0.120. The van der Waals surface area contributed by atoms with Gasteiger partial charge in [-0.2, -0.15) is 0 Å². The lowest BCUT2D eigenvalue weighted by atomic mass is 9.97. The van der Waals surface area contributed by atoms with Crippen LogP contribution in [-0.2, 0) is 11.3 Å². The summed E-state index contributed by atoms with van der Waals surface area (Å²) in [4.78, 5) is 9.11. The van der Waals surface area contributed by atoms with E-state index in [2.05, 4.69) is 61.3 Å². The van der Waals surface area contributed by atoms with Crippen molar-refractivity contribution in [3.8, 4) is 0 Å². The lowest BCUT2D eigenvalue weighted by Gasteiger charge is -2.32. The predicted molar refractivity (Wildman–Crippen MR) is 108 cm³/mol. The van der Waals surface area contributed by atoms with Crippen molar-refractivity contribution in [2.24, 2.45) is 10.9 Å². The average Bonchev–Trinajstić information content (AvgIpc) is 2.63. The van der Waals surface area contributed by atoms with Crippen molar-refractivity contribution in [1.29, 1.82) is 0 Å². The van der Waals surface area contributed by atoms with E-state index >= 15 is 0 Å². The average molecular weight is 411 g/mol. The number of halogens is 1. The Kier molecular flexibility index (Phi) is 8.72. The number of rotatable bonds is 7. The third-order valence-electron chi connectivity index (χ3n) is 4.81. The first-order chi connectivity index (χ1) is 12.1. The highest BCUT2D eigenvalue weighted by molar-refractivity contribution is 9.10. The van der Waals surface area contributed by atoms with Crippen LogP contribution in [0.1, 0.15) is 18.4 Å². The molecule has 6 heteroatoms. The SMILES string of the molecule is CN=C(NCC1CCN(CCOC)CC1)N(C)Cc1ccccc1Br. The summed E-state index contributed by atoms with van der Waals surface area (Å²) < 4.78 is 6.31. The summed E-state index contributed by atoms with van der Waals surface area (Å²) >= 11 is 3.62. The van der Waals surface area contributed by atoms with Gasteiger partial charge in [0, 0.05) is 45.3 Å². The van der Waals surface area contributed by atoms with Gasteiger partial charge in [0.25, 0.3) is 0 Å². The fraction of sp³-hybridized carbons (Fsp3) is 0.632. The summed E-state index contributed by atoms with van der Waals surface area (Å²) in [6, 6.07) is 8.33. The lowest BCUT2D eigenvalue weighted by Crippen LogP contribution is -2.43. The second-order valence-electron chi connectivity index (χ2n) is 6.65. The molecule has 0 bridgehead atoms. The number of likely N-dealkylation sites (tertiary alicyclic amines) is 1. The van der Waals surface area contributed by atoms with Crippen molar-refractivity contribution in [1.82, 2.24) is 15.1 Å². The molecule has 0 aromatic heterocycles. The van der Waals surface area contributed by atoms with E-state index in [1.165, 1.54) is 31.5 Å². The zero-order valence-electron chi connectivity index (χ0n) is 15.7. The van der Waals surface area contributed by atoms with Crippen LogP contribution < -0.4 is 5.32 Å². The zero-order valence-corrected chi connectivity index (χ0v) is 17.3. The first-order valence-corrected chi connectivity index (χ1v) is 9.79. The van der Waals surface area contributed by atoms with Gasteiger partial charge in [0.2, 0.25) is 0 Å². The van der Waals surface area contributed by atoms with Gasteiger partial charge in [-0.15, -0.1) is 0 Å². The Morgan fingerprint density at radius 2 is 2.08 bits per heavy atom. The van der Waals surface area contributed by atoms with Crippen molar-refractivity contribution >= 4 is 21.9 Å². The van der Waals surface area contributed by atoms with Crippen LogP contribution in [0.15, 0.2) is 33.7 Å². The molecular weight excluding hydrogens is 380 g/mol. The van der Waals surface area contributed by atoms with Gasteiger partial charge in [0.15, 0.2) is 5.96 Å². The van der Waals surface area contributed by atoms with E-state index < -0.39 is 0 Å². The molecule has 0 aliphatic carbocycles. The largest absolute Gasteiger partial charge is 0.383 e. The molecule has 5 nitrogen and oxygen atoms in total. The molecule has 2 rings (SSSR count). The summed E-state index contributed by atoms with van der Waals surface area (Å²) in [5.74, 6) is 1.67. The fourth-order valence-corrected chi connectivity index (χ4v) is 3.62. The van der Waals surface area contributed by atoms with Crippen LogP contribution >= 0.6 is 15.9 Å². The minimum Gasteiger partial charge on any atom is -0.383 e. The summed E-state index contributed by atoms with van der Waals surface area (Å²) in [6.45, 7) is 6.03. The Morgan fingerprint density at radius 3 is 2.72 bits per heavy atom. The van der Waals surface area contributed by atoms with Crippen molar-refractivity contribution in [2.45, 2.75) is 19.4 Å². The number of hydrogen-bond acceptors (Lipinski definition) is 3. The van der Waals surface area contributed by atoms with Crippen LogP contribution in [0.2, 0.25) is 0 Å². The number of benzene rings is 1. The normalized spacial score (nSPS) is 16.9. The molecule has 1 aliphatic heterocycles. The van der Waals surface area contributed by atoms with Crippen LogP contribution in [-0.4, -0.2) is 69.8 Å². The van der Waals surface area contributed by atoms with E-state index in [1.807, 2.05) is 13.1 Å². The van der Waals surface area contributed by atoms with Crippen molar-refractivity contribution in [3.05, 3.63) is 34.3 Å². The second kappa shape index (κ2) is 10.8. The Bertz CT molecular complexity index is 544. The molecule has 1 N–H and O–H groups in total. The van der Waals surface area contributed by atoms with Crippen LogP contribution in [0.3, 0.4) is 0 Å². The van der Waals surface area contributed by atoms with Gasteiger partial charge in [-0.1, -0.05) is 34.1 Å². The topological polar surface area (TPSA) is 40.1 Å². The molecule has 1 fully saturated rings. The molecular formula is C19H31BrN4O. The van der Waals surface area contributed by atoms with E-state index in [4.69, 9.17) is 4.74 Å². The summed E-state index contributed by atoms with van der Waals surface area (Å²) in [5.41, 5.74) is 1.26. The Hall–Kier alpha value is -1.11.